The molecule has 1 atom stereocenters. The Morgan fingerprint density at radius 3 is 2.79 bits per heavy atom. The predicted molar refractivity (Wildman–Crippen MR) is 109 cm³/mol. The second-order valence-corrected chi connectivity index (χ2v) is 10.2. The zero-order valence-corrected chi connectivity index (χ0v) is 16.8. The number of amides is 1. The van der Waals surface area contributed by atoms with Crippen LogP contribution in [0.5, 0.6) is 0 Å². The summed E-state index contributed by atoms with van der Waals surface area (Å²) in [5, 5.41) is 7.40. The van der Waals surface area contributed by atoms with Crippen molar-refractivity contribution in [2.45, 2.75) is 37.6 Å². The summed E-state index contributed by atoms with van der Waals surface area (Å²) in [5.41, 5.74) is 3.25. The van der Waals surface area contributed by atoms with Crippen LogP contribution in [0.4, 0.5) is 0 Å². The maximum Gasteiger partial charge on any atom is 0.271 e. The SMILES string of the molecule is O=C(NCCc1nc2ccccc2[nH]1)c1cc(C2CC2)n([C@H]2CCS(=O)(=O)C2)n1. The lowest BCUT2D eigenvalue weighted by Gasteiger charge is -2.12. The van der Waals surface area contributed by atoms with Gasteiger partial charge >= 0.3 is 0 Å². The molecular weight excluding hydrogens is 390 g/mol. The van der Waals surface area contributed by atoms with E-state index in [1.807, 2.05) is 30.3 Å². The van der Waals surface area contributed by atoms with Crippen LogP contribution in [0, 0.1) is 0 Å². The van der Waals surface area contributed by atoms with Crippen molar-refractivity contribution in [3.8, 4) is 0 Å². The molecule has 2 aromatic heterocycles. The molecule has 0 spiro atoms. The van der Waals surface area contributed by atoms with Gasteiger partial charge in [0.25, 0.3) is 5.91 Å². The number of hydrogen-bond acceptors (Lipinski definition) is 5. The van der Waals surface area contributed by atoms with Crippen LogP contribution in [-0.2, 0) is 16.3 Å². The van der Waals surface area contributed by atoms with Crippen LogP contribution in [0.25, 0.3) is 11.0 Å². The van der Waals surface area contributed by atoms with Crippen molar-refractivity contribution in [2.24, 2.45) is 0 Å². The Hall–Kier alpha value is -2.68. The Balaban J connectivity index is 1.26. The summed E-state index contributed by atoms with van der Waals surface area (Å²) < 4.78 is 25.5. The van der Waals surface area contributed by atoms with E-state index in [4.69, 9.17) is 0 Å². The van der Waals surface area contributed by atoms with Crippen molar-refractivity contribution in [3.63, 3.8) is 0 Å². The van der Waals surface area contributed by atoms with Gasteiger partial charge in [-0.05, 0) is 37.5 Å². The van der Waals surface area contributed by atoms with Crippen LogP contribution in [0.2, 0.25) is 0 Å². The van der Waals surface area contributed by atoms with E-state index in [0.717, 1.165) is 35.4 Å². The summed E-state index contributed by atoms with van der Waals surface area (Å²) in [6, 6.07) is 9.49. The number of nitrogens with one attached hydrogen (secondary N) is 2. The van der Waals surface area contributed by atoms with Gasteiger partial charge in [0.2, 0.25) is 0 Å². The van der Waals surface area contributed by atoms with Crippen LogP contribution >= 0.6 is 0 Å². The molecule has 9 heteroatoms. The van der Waals surface area contributed by atoms with Gasteiger partial charge in [0.1, 0.15) is 11.5 Å². The highest BCUT2D eigenvalue weighted by atomic mass is 32.2. The monoisotopic (exact) mass is 413 g/mol. The Morgan fingerprint density at radius 1 is 1.24 bits per heavy atom. The molecule has 8 nitrogen and oxygen atoms in total. The van der Waals surface area contributed by atoms with Gasteiger partial charge in [-0.3, -0.25) is 9.48 Å². The summed E-state index contributed by atoms with van der Waals surface area (Å²) in [4.78, 5) is 20.4. The summed E-state index contributed by atoms with van der Waals surface area (Å²) in [5.74, 6) is 1.29. The van der Waals surface area contributed by atoms with E-state index in [-0.39, 0.29) is 23.5 Å². The number of nitrogens with zero attached hydrogens (tertiary/aromatic N) is 3. The molecule has 3 aromatic rings. The van der Waals surface area contributed by atoms with Crippen molar-refractivity contribution >= 4 is 26.8 Å². The van der Waals surface area contributed by atoms with E-state index in [9.17, 15) is 13.2 Å². The highest BCUT2D eigenvalue weighted by molar-refractivity contribution is 7.91. The molecule has 1 saturated heterocycles. The van der Waals surface area contributed by atoms with E-state index in [0.29, 0.717) is 31.0 Å². The van der Waals surface area contributed by atoms with E-state index >= 15 is 0 Å². The first-order chi connectivity index (χ1) is 14.0. The fraction of sp³-hybridized carbons (Fsp3) is 0.450. The van der Waals surface area contributed by atoms with Gasteiger partial charge in [0, 0.05) is 24.6 Å². The quantitative estimate of drug-likeness (QED) is 0.642. The molecule has 0 bridgehead atoms. The molecule has 0 radical (unpaired) electrons. The number of hydrogen-bond donors (Lipinski definition) is 2. The van der Waals surface area contributed by atoms with Gasteiger partial charge in [-0.2, -0.15) is 5.10 Å². The highest BCUT2D eigenvalue weighted by Gasteiger charge is 2.36. The molecule has 3 heterocycles. The predicted octanol–water partition coefficient (Wildman–Crippen LogP) is 1.97. The minimum atomic E-state index is -3.00. The van der Waals surface area contributed by atoms with Crippen LogP contribution in [0.3, 0.4) is 0 Å². The molecular formula is C20H23N5O3S. The number of carbonyl (C=O) groups is 1. The van der Waals surface area contributed by atoms with Crippen molar-refractivity contribution in [1.82, 2.24) is 25.1 Å². The highest BCUT2D eigenvalue weighted by Crippen LogP contribution is 2.42. The average molecular weight is 414 g/mol. The largest absolute Gasteiger partial charge is 0.350 e. The summed E-state index contributed by atoms with van der Waals surface area (Å²) in [6.07, 6.45) is 3.30. The third kappa shape index (κ3) is 3.78. The lowest BCUT2D eigenvalue weighted by Crippen LogP contribution is -2.26. The second-order valence-electron chi connectivity index (χ2n) is 7.94. The minimum Gasteiger partial charge on any atom is -0.350 e. The van der Waals surface area contributed by atoms with E-state index < -0.39 is 9.84 Å². The molecule has 152 valence electrons. The van der Waals surface area contributed by atoms with E-state index in [2.05, 4.69) is 20.4 Å². The number of benzene rings is 1. The Kier molecular flexibility index (Phi) is 4.42. The van der Waals surface area contributed by atoms with Gasteiger partial charge in [0.05, 0.1) is 28.6 Å². The summed E-state index contributed by atoms with van der Waals surface area (Å²) >= 11 is 0. The number of aromatic amines is 1. The molecule has 2 N–H and O–H groups in total. The lowest BCUT2D eigenvalue weighted by molar-refractivity contribution is 0.0948. The molecule has 1 aliphatic carbocycles. The van der Waals surface area contributed by atoms with Crippen molar-refractivity contribution in [1.29, 1.82) is 0 Å². The Bertz CT molecular complexity index is 1140. The first kappa shape index (κ1) is 18.4. The maximum absolute atomic E-state index is 12.6. The molecule has 29 heavy (non-hydrogen) atoms. The van der Waals surface area contributed by atoms with Gasteiger partial charge in [-0.25, -0.2) is 13.4 Å². The number of carbonyl (C=O) groups excluding carboxylic acids is 1. The molecule has 1 aromatic carbocycles. The van der Waals surface area contributed by atoms with Gasteiger partial charge in [-0.15, -0.1) is 0 Å². The van der Waals surface area contributed by atoms with Crippen molar-refractivity contribution < 1.29 is 13.2 Å². The summed E-state index contributed by atoms with van der Waals surface area (Å²) in [7, 11) is -3.00. The average Bonchev–Trinajstić information content (AvgIpc) is 3.14. The third-order valence-electron chi connectivity index (χ3n) is 5.63. The van der Waals surface area contributed by atoms with Crippen LogP contribution in [-0.4, -0.2) is 52.1 Å². The fourth-order valence-electron chi connectivity index (χ4n) is 3.97. The number of fused-ring (bicyclic) bond motifs is 1. The molecule has 2 aliphatic rings. The van der Waals surface area contributed by atoms with Crippen molar-refractivity contribution in [2.75, 3.05) is 18.1 Å². The molecule has 2 fully saturated rings. The molecule has 5 rings (SSSR count). The van der Waals surface area contributed by atoms with Gasteiger partial charge < -0.3 is 10.3 Å². The van der Waals surface area contributed by atoms with Crippen molar-refractivity contribution in [3.05, 3.63) is 47.5 Å². The second kappa shape index (κ2) is 6.98. The third-order valence-corrected chi connectivity index (χ3v) is 7.38. The number of imidazole rings is 1. The standard InChI is InChI=1S/C20H23N5O3S/c26-20(21-9-7-19-22-15-3-1-2-4-16(15)23-19)17-11-18(13-5-6-13)25(24-17)14-8-10-29(27,28)12-14/h1-4,11,13-14H,5-10,12H2,(H,21,26)(H,22,23)/t14-/m0/s1. The normalized spacial score (nSPS) is 20.9. The Morgan fingerprint density at radius 2 is 2.07 bits per heavy atom. The number of rotatable bonds is 6. The first-order valence-electron chi connectivity index (χ1n) is 10.0. The maximum atomic E-state index is 12.6. The van der Waals surface area contributed by atoms with E-state index in [1.54, 1.807) is 4.68 Å². The summed E-state index contributed by atoms with van der Waals surface area (Å²) in [6.45, 7) is 0.447. The molecule has 0 unspecified atom stereocenters. The molecule has 1 amide bonds. The fourth-order valence-corrected chi connectivity index (χ4v) is 5.67. The zero-order chi connectivity index (χ0) is 20.0. The Labute approximate surface area is 168 Å². The smallest absolute Gasteiger partial charge is 0.271 e. The lowest BCUT2D eigenvalue weighted by atomic mass is 10.2. The molecule has 1 saturated carbocycles. The van der Waals surface area contributed by atoms with Gasteiger partial charge in [-0.1, -0.05) is 12.1 Å². The number of sulfone groups is 1. The topological polar surface area (TPSA) is 110 Å². The first-order valence-corrected chi connectivity index (χ1v) is 11.8. The van der Waals surface area contributed by atoms with Crippen LogP contribution in [0.1, 0.15) is 53.2 Å². The number of para-hydroxylation sites is 2. The van der Waals surface area contributed by atoms with Crippen LogP contribution < -0.4 is 5.32 Å². The van der Waals surface area contributed by atoms with Crippen LogP contribution in [0.15, 0.2) is 30.3 Å². The number of H-pyrrole nitrogens is 1. The zero-order valence-electron chi connectivity index (χ0n) is 16.0. The number of aromatic nitrogens is 4. The molecule has 1 aliphatic heterocycles. The minimum absolute atomic E-state index is 0.113. The van der Waals surface area contributed by atoms with Gasteiger partial charge in [0.15, 0.2) is 9.84 Å². The van der Waals surface area contributed by atoms with E-state index in [1.165, 1.54) is 0 Å².